The summed E-state index contributed by atoms with van der Waals surface area (Å²) in [5, 5.41) is 3.98. The number of para-hydroxylation sites is 1. The number of hydrogen-bond donors (Lipinski definition) is 2. The number of H-pyrrole nitrogens is 1. The van der Waals surface area contributed by atoms with Crippen LogP contribution in [0.1, 0.15) is 28.9 Å². The Labute approximate surface area is 183 Å². The molecule has 1 atom stereocenters. The molecule has 4 rings (SSSR count). The second kappa shape index (κ2) is 8.26. The average Bonchev–Trinajstić information content (AvgIpc) is 2.74. The first-order valence-corrected chi connectivity index (χ1v) is 10.1. The van der Waals surface area contributed by atoms with Gasteiger partial charge in [-0.05, 0) is 61.1 Å². The molecule has 0 fully saturated rings. The van der Waals surface area contributed by atoms with Crippen LogP contribution in [0.2, 0.25) is 5.02 Å². The predicted octanol–water partition coefficient (Wildman–Crippen LogP) is 5.19. The van der Waals surface area contributed by atoms with E-state index in [4.69, 9.17) is 23.8 Å². The summed E-state index contributed by atoms with van der Waals surface area (Å²) in [7, 11) is 0. The van der Waals surface area contributed by atoms with E-state index in [1.54, 1.807) is 24.3 Å². The second-order valence-corrected chi connectivity index (χ2v) is 7.68. The third-order valence-corrected chi connectivity index (χ3v) is 5.52. The van der Waals surface area contributed by atoms with E-state index in [1.807, 2.05) is 55.5 Å². The van der Waals surface area contributed by atoms with Crippen molar-refractivity contribution in [3.63, 3.8) is 0 Å². The maximum absolute atomic E-state index is 13.0. The van der Waals surface area contributed by atoms with E-state index in [9.17, 15) is 9.59 Å². The van der Waals surface area contributed by atoms with Crippen LogP contribution in [0.5, 0.6) is 0 Å². The fourth-order valence-corrected chi connectivity index (χ4v) is 3.95. The van der Waals surface area contributed by atoms with Gasteiger partial charge in [0.05, 0.1) is 22.6 Å². The number of amides is 1. The van der Waals surface area contributed by atoms with Crippen molar-refractivity contribution in [1.29, 1.82) is 0 Å². The van der Waals surface area contributed by atoms with Crippen molar-refractivity contribution < 1.29 is 4.79 Å². The summed E-state index contributed by atoms with van der Waals surface area (Å²) in [6.45, 7) is 1.87. The van der Waals surface area contributed by atoms with E-state index in [0.29, 0.717) is 27.2 Å². The van der Waals surface area contributed by atoms with Gasteiger partial charge in [0.15, 0.2) is 4.77 Å². The molecule has 150 valence electrons. The van der Waals surface area contributed by atoms with Crippen molar-refractivity contribution in [2.75, 3.05) is 0 Å². The van der Waals surface area contributed by atoms with Crippen molar-refractivity contribution in [3.05, 3.63) is 104 Å². The van der Waals surface area contributed by atoms with Gasteiger partial charge in [0.1, 0.15) is 0 Å². The molecule has 0 spiro atoms. The molecule has 3 aromatic carbocycles. The van der Waals surface area contributed by atoms with Gasteiger partial charge in [-0.2, -0.15) is 0 Å². The van der Waals surface area contributed by atoms with Gasteiger partial charge in [0, 0.05) is 10.6 Å². The van der Waals surface area contributed by atoms with Crippen LogP contribution in [0, 0.1) is 4.77 Å². The number of carbonyl (C=O) groups is 1. The summed E-state index contributed by atoms with van der Waals surface area (Å²) in [6.07, 6.45) is 0. The largest absolute Gasteiger partial charge is 0.345 e. The fourth-order valence-electron chi connectivity index (χ4n) is 3.35. The summed E-state index contributed by atoms with van der Waals surface area (Å²) < 4.78 is 1.71. The lowest BCUT2D eigenvalue weighted by molar-refractivity contribution is 0.0940. The first kappa shape index (κ1) is 20.1. The topological polar surface area (TPSA) is 66.9 Å². The Balaban J connectivity index is 1.69. The number of halogens is 1. The highest BCUT2D eigenvalue weighted by Crippen LogP contribution is 2.22. The van der Waals surface area contributed by atoms with Crippen molar-refractivity contribution in [2.24, 2.45) is 0 Å². The first-order chi connectivity index (χ1) is 14.5. The molecule has 1 heterocycles. The van der Waals surface area contributed by atoms with Crippen LogP contribution < -0.4 is 10.9 Å². The number of aromatic nitrogens is 2. The van der Waals surface area contributed by atoms with Crippen molar-refractivity contribution in [3.8, 4) is 5.69 Å². The van der Waals surface area contributed by atoms with Crippen molar-refractivity contribution >= 4 is 40.6 Å². The molecule has 7 heteroatoms. The Bertz CT molecular complexity index is 1360. The number of fused-ring (bicyclic) bond motifs is 1. The molecule has 1 amide bonds. The standard InChI is InChI=1S/C23H18ClN3O2S/c1-14(17-9-5-6-10-19(17)24)25-21(28)15-11-12-18-20(13-15)26-23(30)27(22(18)29)16-7-3-2-4-8-16/h2-14H,1H3,(H,25,28)(H,26,30). The van der Waals surface area contributed by atoms with Gasteiger partial charge in [0.2, 0.25) is 0 Å². The molecule has 30 heavy (non-hydrogen) atoms. The number of carbonyl (C=O) groups excluding carboxylic acids is 1. The quantitative estimate of drug-likeness (QED) is 0.433. The highest BCUT2D eigenvalue weighted by atomic mass is 35.5. The molecule has 0 saturated carbocycles. The number of hydrogen-bond acceptors (Lipinski definition) is 3. The van der Waals surface area contributed by atoms with Gasteiger partial charge >= 0.3 is 0 Å². The summed E-state index contributed by atoms with van der Waals surface area (Å²) in [4.78, 5) is 28.8. The van der Waals surface area contributed by atoms with Gasteiger partial charge in [-0.15, -0.1) is 0 Å². The van der Waals surface area contributed by atoms with Crippen LogP contribution >= 0.6 is 23.8 Å². The van der Waals surface area contributed by atoms with E-state index >= 15 is 0 Å². The highest BCUT2D eigenvalue weighted by molar-refractivity contribution is 7.71. The molecule has 0 aliphatic carbocycles. The molecule has 5 nitrogen and oxygen atoms in total. The monoisotopic (exact) mass is 435 g/mol. The normalized spacial score (nSPS) is 11.9. The van der Waals surface area contributed by atoms with Crippen LogP contribution in [0.25, 0.3) is 16.6 Å². The molecule has 4 aromatic rings. The summed E-state index contributed by atoms with van der Waals surface area (Å²) in [5.74, 6) is -0.268. The molecular weight excluding hydrogens is 418 g/mol. The Kier molecular flexibility index (Phi) is 5.53. The number of nitrogens with zero attached hydrogens (tertiary/aromatic N) is 1. The van der Waals surface area contributed by atoms with Crippen LogP contribution in [0.3, 0.4) is 0 Å². The van der Waals surface area contributed by atoms with Gasteiger partial charge < -0.3 is 10.3 Å². The van der Waals surface area contributed by atoms with Crippen LogP contribution in [0.4, 0.5) is 0 Å². The first-order valence-electron chi connectivity index (χ1n) is 9.35. The third kappa shape index (κ3) is 3.79. The van der Waals surface area contributed by atoms with Crippen LogP contribution in [-0.2, 0) is 0 Å². The molecule has 0 radical (unpaired) electrons. The van der Waals surface area contributed by atoms with Crippen molar-refractivity contribution in [2.45, 2.75) is 13.0 Å². The Morgan fingerprint density at radius 2 is 1.77 bits per heavy atom. The van der Waals surface area contributed by atoms with Crippen molar-refractivity contribution in [1.82, 2.24) is 14.9 Å². The molecular formula is C23H18ClN3O2S. The van der Waals surface area contributed by atoms with E-state index in [2.05, 4.69) is 10.3 Å². The van der Waals surface area contributed by atoms with E-state index in [1.165, 1.54) is 4.57 Å². The fraction of sp³-hybridized carbons (Fsp3) is 0.0870. The molecule has 0 bridgehead atoms. The molecule has 2 N–H and O–H groups in total. The molecule has 0 aliphatic heterocycles. The average molecular weight is 436 g/mol. The lowest BCUT2D eigenvalue weighted by atomic mass is 10.1. The van der Waals surface area contributed by atoms with E-state index in [-0.39, 0.29) is 22.3 Å². The van der Waals surface area contributed by atoms with Gasteiger partial charge in [-0.3, -0.25) is 14.2 Å². The van der Waals surface area contributed by atoms with E-state index in [0.717, 1.165) is 5.56 Å². The summed E-state index contributed by atoms with van der Waals surface area (Å²) in [5.41, 5.74) is 2.20. The maximum Gasteiger partial charge on any atom is 0.266 e. The number of benzene rings is 3. The third-order valence-electron chi connectivity index (χ3n) is 4.89. The minimum atomic E-state index is -0.272. The SMILES string of the molecule is CC(NC(=O)c1ccc2c(=O)n(-c3ccccc3)c(=S)[nH]c2c1)c1ccccc1Cl. The molecule has 0 aliphatic rings. The Hall–Kier alpha value is -3.22. The highest BCUT2D eigenvalue weighted by Gasteiger charge is 2.15. The number of nitrogens with one attached hydrogen (secondary N) is 2. The molecule has 0 saturated heterocycles. The molecule has 1 aromatic heterocycles. The summed E-state index contributed by atoms with van der Waals surface area (Å²) in [6, 6.07) is 21.2. The zero-order chi connectivity index (χ0) is 21.3. The predicted molar refractivity (Wildman–Crippen MR) is 122 cm³/mol. The van der Waals surface area contributed by atoms with Gasteiger partial charge in [-0.25, -0.2) is 0 Å². The van der Waals surface area contributed by atoms with E-state index < -0.39 is 0 Å². The zero-order valence-electron chi connectivity index (χ0n) is 16.1. The number of rotatable bonds is 4. The van der Waals surface area contributed by atoms with Gasteiger partial charge in [-0.1, -0.05) is 48.0 Å². The second-order valence-electron chi connectivity index (χ2n) is 6.88. The smallest absolute Gasteiger partial charge is 0.266 e. The Morgan fingerprint density at radius 3 is 2.50 bits per heavy atom. The minimum Gasteiger partial charge on any atom is -0.345 e. The molecule has 1 unspecified atom stereocenters. The lowest BCUT2D eigenvalue weighted by Gasteiger charge is -2.16. The van der Waals surface area contributed by atoms with Gasteiger partial charge in [0.25, 0.3) is 11.5 Å². The van der Waals surface area contributed by atoms with Crippen LogP contribution in [-0.4, -0.2) is 15.5 Å². The Morgan fingerprint density at radius 1 is 1.07 bits per heavy atom. The lowest BCUT2D eigenvalue weighted by Crippen LogP contribution is -2.27. The summed E-state index contributed by atoms with van der Waals surface area (Å²) >= 11 is 11.6. The maximum atomic E-state index is 13.0. The number of aromatic amines is 1. The zero-order valence-corrected chi connectivity index (χ0v) is 17.6. The minimum absolute atomic E-state index is 0.239. The van der Waals surface area contributed by atoms with Crippen LogP contribution in [0.15, 0.2) is 77.6 Å².